The summed E-state index contributed by atoms with van der Waals surface area (Å²) in [6.45, 7) is 5.53. The summed E-state index contributed by atoms with van der Waals surface area (Å²) in [6, 6.07) is 5.38. The number of benzene rings is 1. The van der Waals surface area contributed by atoms with E-state index in [0.717, 1.165) is 5.56 Å². The number of morpholine rings is 1. The number of rotatable bonds is 7. The minimum Gasteiger partial charge on any atom is -0.383 e. The zero-order valence-corrected chi connectivity index (χ0v) is 15.5. The van der Waals surface area contributed by atoms with Crippen LogP contribution in [-0.2, 0) is 14.3 Å². The maximum atomic E-state index is 12.6. The molecule has 2 amide bonds. The maximum absolute atomic E-state index is 12.6. The first-order valence-electron chi connectivity index (χ1n) is 8.09. The summed E-state index contributed by atoms with van der Waals surface area (Å²) in [7, 11) is 1.61. The lowest BCUT2D eigenvalue weighted by molar-refractivity contribution is -0.115. The second-order valence-corrected chi connectivity index (χ2v) is 5.60. The molecular weight excluding hydrogens is 346 g/mol. The standard InChI is InChI=1S/C17H25N3O4.ClH/c1-13-14(17(22)20-7-10-24-11-8-20)4-3-5-15(13)19-16(21)12-18-6-9-23-2;/h3-5,18H,6-12H2,1-2H3,(H,19,21);1H. The van der Waals surface area contributed by atoms with Crippen LogP contribution < -0.4 is 10.6 Å². The van der Waals surface area contributed by atoms with Crippen LogP contribution in [0.15, 0.2) is 18.2 Å². The molecule has 2 rings (SSSR count). The number of hydrogen-bond acceptors (Lipinski definition) is 5. The van der Waals surface area contributed by atoms with Gasteiger partial charge in [0.2, 0.25) is 5.91 Å². The topological polar surface area (TPSA) is 79.9 Å². The number of carbonyl (C=O) groups excluding carboxylic acids is 2. The van der Waals surface area contributed by atoms with E-state index in [9.17, 15) is 9.59 Å². The van der Waals surface area contributed by atoms with Crippen LogP contribution in [0.2, 0.25) is 0 Å². The van der Waals surface area contributed by atoms with Crippen LogP contribution in [-0.4, -0.2) is 69.8 Å². The summed E-state index contributed by atoms with van der Waals surface area (Å²) >= 11 is 0. The van der Waals surface area contributed by atoms with Crippen LogP contribution in [0, 0.1) is 6.92 Å². The second-order valence-electron chi connectivity index (χ2n) is 5.60. The minimum absolute atomic E-state index is 0. The first-order valence-corrected chi connectivity index (χ1v) is 8.09. The number of ether oxygens (including phenoxy) is 2. The Bertz CT molecular complexity index is 577. The number of carbonyl (C=O) groups is 2. The molecule has 8 heteroatoms. The van der Waals surface area contributed by atoms with Gasteiger partial charge in [-0.1, -0.05) is 6.07 Å². The van der Waals surface area contributed by atoms with Gasteiger partial charge in [-0.3, -0.25) is 9.59 Å². The normalized spacial score (nSPS) is 13.9. The summed E-state index contributed by atoms with van der Waals surface area (Å²) in [4.78, 5) is 26.4. The highest BCUT2D eigenvalue weighted by molar-refractivity contribution is 5.99. The van der Waals surface area contributed by atoms with Gasteiger partial charge in [-0.05, 0) is 24.6 Å². The van der Waals surface area contributed by atoms with Crippen molar-refractivity contribution in [2.45, 2.75) is 6.92 Å². The predicted molar refractivity (Wildman–Crippen MR) is 98.5 cm³/mol. The molecule has 0 bridgehead atoms. The van der Waals surface area contributed by atoms with E-state index in [0.29, 0.717) is 50.7 Å². The average Bonchev–Trinajstić information content (AvgIpc) is 2.61. The van der Waals surface area contributed by atoms with Crippen molar-refractivity contribution >= 4 is 29.9 Å². The van der Waals surface area contributed by atoms with Gasteiger partial charge in [-0.15, -0.1) is 12.4 Å². The lowest BCUT2D eigenvalue weighted by Gasteiger charge is -2.27. The maximum Gasteiger partial charge on any atom is 0.254 e. The fourth-order valence-corrected chi connectivity index (χ4v) is 2.51. The van der Waals surface area contributed by atoms with Gasteiger partial charge >= 0.3 is 0 Å². The highest BCUT2D eigenvalue weighted by Gasteiger charge is 2.21. The van der Waals surface area contributed by atoms with Crippen molar-refractivity contribution < 1.29 is 19.1 Å². The molecule has 1 aromatic rings. The van der Waals surface area contributed by atoms with E-state index in [-0.39, 0.29) is 30.8 Å². The van der Waals surface area contributed by atoms with E-state index in [1.54, 1.807) is 30.2 Å². The SMILES string of the molecule is COCCNCC(=O)Nc1cccc(C(=O)N2CCOCC2)c1C.Cl. The molecule has 0 radical (unpaired) electrons. The van der Waals surface area contributed by atoms with Gasteiger partial charge in [0.05, 0.1) is 26.4 Å². The van der Waals surface area contributed by atoms with Crippen molar-refractivity contribution in [3.05, 3.63) is 29.3 Å². The van der Waals surface area contributed by atoms with E-state index >= 15 is 0 Å². The molecule has 0 saturated carbocycles. The number of hydrogen-bond donors (Lipinski definition) is 2. The molecule has 1 saturated heterocycles. The molecule has 25 heavy (non-hydrogen) atoms. The van der Waals surface area contributed by atoms with Crippen molar-refractivity contribution in [3.8, 4) is 0 Å². The van der Waals surface area contributed by atoms with Gasteiger partial charge in [0.25, 0.3) is 5.91 Å². The fourth-order valence-electron chi connectivity index (χ4n) is 2.51. The van der Waals surface area contributed by atoms with E-state index in [4.69, 9.17) is 9.47 Å². The fraction of sp³-hybridized carbons (Fsp3) is 0.529. The van der Waals surface area contributed by atoms with Crippen LogP contribution in [0.3, 0.4) is 0 Å². The minimum atomic E-state index is -0.148. The predicted octanol–water partition coefficient (Wildman–Crippen LogP) is 1.06. The van der Waals surface area contributed by atoms with Crippen molar-refractivity contribution in [2.24, 2.45) is 0 Å². The van der Waals surface area contributed by atoms with Crippen LogP contribution in [0.25, 0.3) is 0 Å². The molecule has 1 fully saturated rings. The summed E-state index contributed by atoms with van der Waals surface area (Å²) in [6.07, 6.45) is 0. The molecule has 1 heterocycles. The van der Waals surface area contributed by atoms with Crippen molar-refractivity contribution in [1.29, 1.82) is 0 Å². The van der Waals surface area contributed by atoms with Crippen LogP contribution in [0.4, 0.5) is 5.69 Å². The summed E-state index contributed by atoms with van der Waals surface area (Å²) in [5.41, 5.74) is 2.05. The van der Waals surface area contributed by atoms with Crippen molar-refractivity contribution in [1.82, 2.24) is 10.2 Å². The number of nitrogens with one attached hydrogen (secondary N) is 2. The Morgan fingerprint density at radius 1 is 1.28 bits per heavy atom. The summed E-state index contributed by atoms with van der Waals surface area (Å²) in [5.74, 6) is -0.171. The average molecular weight is 372 g/mol. The molecule has 0 unspecified atom stereocenters. The summed E-state index contributed by atoms with van der Waals surface area (Å²) in [5, 5.41) is 5.84. The Balaban J connectivity index is 0.00000312. The van der Waals surface area contributed by atoms with Gasteiger partial charge < -0.3 is 25.0 Å². The quantitative estimate of drug-likeness (QED) is 0.701. The highest BCUT2D eigenvalue weighted by atomic mass is 35.5. The van der Waals surface area contributed by atoms with Gasteiger partial charge in [-0.2, -0.15) is 0 Å². The van der Waals surface area contributed by atoms with Crippen LogP contribution in [0.5, 0.6) is 0 Å². The van der Waals surface area contributed by atoms with Gasteiger partial charge in [0.15, 0.2) is 0 Å². The molecule has 0 spiro atoms. The zero-order valence-electron chi connectivity index (χ0n) is 14.7. The molecule has 0 atom stereocenters. The third kappa shape index (κ3) is 6.28. The van der Waals surface area contributed by atoms with E-state index in [1.165, 1.54) is 0 Å². The molecule has 0 aliphatic carbocycles. The van der Waals surface area contributed by atoms with E-state index in [1.807, 2.05) is 6.92 Å². The Labute approximate surface area is 154 Å². The third-order valence-corrected chi connectivity index (χ3v) is 3.91. The molecule has 1 aromatic carbocycles. The second kappa shape index (κ2) is 11.0. The molecule has 1 aliphatic heterocycles. The Morgan fingerprint density at radius 3 is 2.68 bits per heavy atom. The van der Waals surface area contributed by atoms with Gasteiger partial charge in [-0.25, -0.2) is 0 Å². The van der Waals surface area contributed by atoms with Crippen LogP contribution in [0.1, 0.15) is 15.9 Å². The molecule has 2 N–H and O–H groups in total. The molecule has 0 aromatic heterocycles. The first-order chi connectivity index (χ1) is 11.6. The molecule has 7 nitrogen and oxygen atoms in total. The van der Waals surface area contributed by atoms with Gasteiger partial charge in [0, 0.05) is 38.0 Å². The monoisotopic (exact) mass is 371 g/mol. The Kier molecular flexibility index (Phi) is 9.44. The highest BCUT2D eigenvalue weighted by Crippen LogP contribution is 2.20. The lowest BCUT2D eigenvalue weighted by Crippen LogP contribution is -2.41. The number of nitrogens with zero attached hydrogens (tertiary/aromatic N) is 1. The molecule has 140 valence electrons. The Morgan fingerprint density at radius 2 is 2.00 bits per heavy atom. The lowest BCUT2D eigenvalue weighted by atomic mass is 10.0. The molecular formula is C17H26ClN3O4. The number of anilines is 1. The largest absolute Gasteiger partial charge is 0.383 e. The number of amides is 2. The smallest absolute Gasteiger partial charge is 0.254 e. The third-order valence-electron chi connectivity index (χ3n) is 3.91. The molecule has 1 aliphatic rings. The van der Waals surface area contributed by atoms with Crippen molar-refractivity contribution in [2.75, 3.05) is 58.4 Å². The zero-order chi connectivity index (χ0) is 17.4. The van der Waals surface area contributed by atoms with E-state index < -0.39 is 0 Å². The number of methoxy groups -OCH3 is 1. The number of halogens is 1. The summed E-state index contributed by atoms with van der Waals surface area (Å²) < 4.78 is 10.2. The van der Waals surface area contributed by atoms with Crippen LogP contribution >= 0.6 is 12.4 Å². The van der Waals surface area contributed by atoms with E-state index in [2.05, 4.69) is 10.6 Å². The Hall–Kier alpha value is -1.67. The first kappa shape index (κ1) is 21.4. The van der Waals surface area contributed by atoms with Crippen molar-refractivity contribution in [3.63, 3.8) is 0 Å². The van der Waals surface area contributed by atoms with Gasteiger partial charge in [0.1, 0.15) is 0 Å².